The Kier molecular flexibility index (Phi) is 11.5. The molecule has 22 heavy (non-hydrogen) atoms. The summed E-state index contributed by atoms with van der Waals surface area (Å²) >= 11 is 0. The van der Waals surface area contributed by atoms with E-state index in [-0.39, 0.29) is 29.9 Å². The van der Waals surface area contributed by atoms with Gasteiger partial charge in [0.1, 0.15) is 0 Å². The lowest BCUT2D eigenvalue weighted by Gasteiger charge is -2.18. The van der Waals surface area contributed by atoms with Crippen molar-refractivity contribution < 1.29 is 4.79 Å². The first-order valence-electron chi connectivity index (χ1n) is 7.39. The number of nitrogens with one attached hydrogen (secondary N) is 2. The van der Waals surface area contributed by atoms with E-state index in [4.69, 9.17) is 0 Å². The van der Waals surface area contributed by atoms with Gasteiger partial charge >= 0.3 is 0 Å². The maximum atomic E-state index is 12.1. The van der Waals surface area contributed by atoms with E-state index in [1.807, 2.05) is 37.4 Å². The van der Waals surface area contributed by atoms with Crippen LogP contribution in [0.2, 0.25) is 0 Å². The molecule has 0 heterocycles. The Hall–Kier alpha value is -1.31. The van der Waals surface area contributed by atoms with Crippen molar-refractivity contribution in [2.24, 2.45) is 4.99 Å². The first-order chi connectivity index (χ1) is 10.2. The molecular weight excluding hydrogens is 391 g/mol. The molecule has 0 aliphatic carbocycles. The van der Waals surface area contributed by atoms with E-state index in [9.17, 15) is 4.79 Å². The smallest absolute Gasteiger partial charge is 0.224 e. The van der Waals surface area contributed by atoms with Gasteiger partial charge in [0.2, 0.25) is 5.91 Å². The molecule has 0 saturated heterocycles. The standard InChI is InChI=1S/C16H26N4O.HI/c1-4-11-18-16(17-2)19-12-10-15(21)20(3)13-14-8-6-5-7-9-14;/h5-9H,4,10-13H2,1-3H3,(H2,17,18,19);1H. The van der Waals surface area contributed by atoms with Gasteiger partial charge in [-0.3, -0.25) is 9.79 Å². The first-order valence-corrected chi connectivity index (χ1v) is 7.39. The second-order valence-corrected chi connectivity index (χ2v) is 4.91. The molecule has 0 aliphatic rings. The van der Waals surface area contributed by atoms with Crippen molar-refractivity contribution in [3.63, 3.8) is 0 Å². The number of amides is 1. The molecule has 124 valence electrons. The number of nitrogens with zero attached hydrogens (tertiary/aromatic N) is 2. The summed E-state index contributed by atoms with van der Waals surface area (Å²) in [4.78, 5) is 17.9. The zero-order chi connectivity index (χ0) is 15.5. The van der Waals surface area contributed by atoms with Crippen LogP contribution in [0, 0.1) is 0 Å². The van der Waals surface area contributed by atoms with Gasteiger partial charge in [-0.2, -0.15) is 0 Å². The van der Waals surface area contributed by atoms with E-state index < -0.39 is 0 Å². The van der Waals surface area contributed by atoms with E-state index in [1.165, 1.54) is 0 Å². The van der Waals surface area contributed by atoms with Crippen molar-refractivity contribution in [2.45, 2.75) is 26.3 Å². The monoisotopic (exact) mass is 418 g/mol. The Bertz CT molecular complexity index is 451. The van der Waals surface area contributed by atoms with Gasteiger partial charge in [0.25, 0.3) is 0 Å². The second-order valence-electron chi connectivity index (χ2n) is 4.91. The number of halogens is 1. The van der Waals surface area contributed by atoms with Crippen molar-refractivity contribution in [3.05, 3.63) is 35.9 Å². The van der Waals surface area contributed by atoms with Crippen LogP contribution >= 0.6 is 24.0 Å². The van der Waals surface area contributed by atoms with Gasteiger partial charge in [-0.1, -0.05) is 37.3 Å². The number of guanidine groups is 1. The van der Waals surface area contributed by atoms with Crippen molar-refractivity contribution in [1.82, 2.24) is 15.5 Å². The maximum absolute atomic E-state index is 12.1. The van der Waals surface area contributed by atoms with E-state index >= 15 is 0 Å². The topological polar surface area (TPSA) is 56.7 Å². The number of benzene rings is 1. The highest BCUT2D eigenvalue weighted by Gasteiger charge is 2.09. The van der Waals surface area contributed by atoms with Gasteiger partial charge in [-0.15, -0.1) is 24.0 Å². The summed E-state index contributed by atoms with van der Waals surface area (Å²) in [6.07, 6.45) is 1.50. The fourth-order valence-corrected chi connectivity index (χ4v) is 1.89. The molecule has 2 N–H and O–H groups in total. The predicted octanol–water partition coefficient (Wildman–Crippen LogP) is 2.23. The third-order valence-electron chi connectivity index (χ3n) is 3.09. The van der Waals surface area contributed by atoms with Crippen LogP contribution in [0.25, 0.3) is 0 Å². The lowest BCUT2D eigenvalue weighted by molar-refractivity contribution is -0.130. The highest BCUT2D eigenvalue weighted by molar-refractivity contribution is 14.0. The van der Waals surface area contributed by atoms with Gasteiger partial charge in [0, 0.05) is 40.2 Å². The second kappa shape index (κ2) is 12.3. The van der Waals surface area contributed by atoms with Crippen molar-refractivity contribution in [3.8, 4) is 0 Å². The number of hydrogen-bond acceptors (Lipinski definition) is 2. The van der Waals surface area contributed by atoms with E-state index in [0.717, 1.165) is 24.5 Å². The fraction of sp³-hybridized carbons (Fsp3) is 0.500. The van der Waals surface area contributed by atoms with Gasteiger partial charge in [-0.05, 0) is 12.0 Å². The molecule has 0 radical (unpaired) electrons. The molecule has 1 aromatic carbocycles. The largest absolute Gasteiger partial charge is 0.356 e. The minimum absolute atomic E-state index is 0. The quantitative estimate of drug-likeness (QED) is 0.406. The molecule has 0 unspecified atom stereocenters. The molecule has 0 spiro atoms. The molecule has 1 rings (SSSR count). The van der Waals surface area contributed by atoms with Crippen LogP contribution in [0.3, 0.4) is 0 Å². The lowest BCUT2D eigenvalue weighted by atomic mass is 10.2. The summed E-state index contributed by atoms with van der Waals surface area (Å²) in [5.41, 5.74) is 1.14. The van der Waals surface area contributed by atoms with Crippen LogP contribution in [0.1, 0.15) is 25.3 Å². The molecule has 1 amide bonds. The van der Waals surface area contributed by atoms with Gasteiger partial charge in [0.05, 0.1) is 0 Å². The molecule has 1 aromatic rings. The molecule has 0 aliphatic heterocycles. The van der Waals surface area contributed by atoms with E-state index in [0.29, 0.717) is 19.5 Å². The van der Waals surface area contributed by atoms with E-state index in [2.05, 4.69) is 22.5 Å². The van der Waals surface area contributed by atoms with Crippen molar-refractivity contribution >= 4 is 35.8 Å². The minimum Gasteiger partial charge on any atom is -0.356 e. The van der Waals surface area contributed by atoms with Crippen molar-refractivity contribution in [2.75, 3.05) is 27.2 Å². The molecule has 0 bridgehead atoms. The maximum Gasteiger partial charge on any atom is 0.224 e. The lowest BCUT2D eigenvalue weighted by Crippen LogP contribution is -2.39. The van der Waals surface area contributed by atoms with Crippen LogP contribution in [0.5, 0.6) is 0 Å². The van der Waals surface area contributed by atoms with Crippen LogP contribution in [-0.4, -0.2) is 44.0 Å². The average molecular weight is 418 g/mol. The molecule has 0 atom stereocenters. The van der Waals surface area contributed by atoms with Crippen LogP contribution in [-0.2, 0) is 11.3 Å². The van der Waals surface area contributed by atoms with Crippen LogP contribution in [0.4, 0.5) is 0 Å². The zero-order valence-corrected chi connectivity index (χ0v) is 16.0. The normalized spacial score (nSPS) is 10.6. The molecule has 0 saturated carbocycles. The fourth-order valence-electron chi connectivity index (χ4n) is 1.89. The number of carbonyl (C=O) groups is 1. The summed E-state index contributed by atoms with van der Waals surface area (Å²) in [6.45, 7) is 4.20. The Morgan fingerprint density at radius 1 is 1.18 bits per heavy atom. The summed E-state index contributed by atoms with van der Waals surface area (Å²) in [5, 5.41) is 6.32. The number of aliphatic imine (C=N–C) groups is 1. The average Bonchev–Trinajstić information content (AvgIpc) is 2.51. The van der Waals surface area contributed by atoms with Crippen molar-refractivity contribution in [1.29, 1.82) is 0 Å². The molecule has 0 fully saturated rings. The SMILES string of the molecule is CCCNC(=NC)NCCC(=O)N(C)Cc1ccccc1.I. The first kappa shape index (κ1) is 20.7. The Morgan fingerprint density at radius 2 is 1.82 bits per heavy atom. The number of hydrogen-bond donors (Lipinski definition) is 2. The Labute approximate surface area is 150 Å². The van der Waals surface area contributed by atoms with Crippen LogP contribution < -0.4 is 10.6 Å². The zero-order valence-electron chi connectivity index (χ0n) is 13.6. The van der Waals surface area contributed by atoms with Gasteiger partial charge in [-0.25, -0.2) is 0 Å². The minimum atomic E-state index is 0. The third-order valence-corrected chi connectivity index (χ3v) is 3.09. The van der Waals surface area contributed by atoms with Crippen LogP contribution in [0.15, 0.2) is 35.3 Å². The molecular formula is C16H27IN4O. The molecule has 0 aromatic heterocycles. The summed E-state index contributed by atoms with van der Waals surface area (Å²) in [7, 11) is 3.56. The van der Waals surface area contributed by atoms with Gasteiger partial charge in [0.15, 0.2) is 5.96 Å². The number of rotatable bonds is 7. The summed E-state index contributed by atoms with van der Waals surface area (Å²) in [5.74, 6) is 0.868. The number of carbonyl (C=O) groups excluding carboxylic acids is 1. The predicted molar refractivity (Wildman–Crippen MR) is 103 cm³/mol. The summed E-state index contributed by atoms with van der Waals surface area (Å²) in [6, 6.07) is 10.00. The Morgan fingerprint density at radius 3 is 2.41 bits per heavy atom. The third kappa shape index (κ3) is 8.21. The summed E-state index contributed by atoms with van der Waals surface area (Å²) < 4.78 is 0. The van der Waals surface area contributed by atoms with Gasteiger partial charge < -0.3 is 15.5 Å². The highest BCUT2D eigenvalue weighted by atomic mass is 127. The van der Waals surface area contributed by atoms with E-state index in [1.54, 1.807) is 11.9 Å². The highest BCUT2D eigenvalue weighted by Crippen LogP contribution is 2.03. The molecule has 5 nitrogen and oxygen atoms in total. The molecule has 6 heteroatoms. The Balaban J connectivity index is 0.00000441.